The standard InChI is InChI=1S/C6H11N3OS/c1-2-9-5(8-4-10)3-11-6(9)7/h3-4,6H,2,7H2,1H3,(H,8,10). The molecule has 1 unspecified atom stereocenters. The van der Waals surface area contributed by atoms with Crippen molar-refractivity contribution in [3.8, 4) is 0 Å². The first kappa shape index (κ1) is 8.42. The summed E-state index contributed by atoms with van der Waals surface area (Å²) in [6.45, 7) is 2.80. The van der Waals surface area contributed by atoms with E-state index in [1.54, 1.807) is 0 Å². The maximum Gasteiger partial charge on any atom is 0.212 e. The first-order valence-corrected chi connectivity index (χ1v) is 4.32. The van der Waals surface area contributed by atoms with Crippen LogP contribution < -0.4 is 11.1 Å². The molecule has 0 bridgehead atoms. The summed E-state index contributed by atoms with van der Waals surface area (Å²) < 4.78 is 0. The number of thioether (sulfide) groups is 1. The van der Waals surface area contributed by atoms with Gasteiger partial charge >= 0.3 is 0 Å². The van der Waals surface area contributed by atoms with Crippen LogP contribution in [-0.2, 0) is 4.79 Å². The van der Waals surface area contributed by atoms with E-state index in [9.17, 15) is 4.79 Å². The van der Waals surface area contributed by atoms with E-state index in [0.717, 1.165) is 12.4 Å². The van der Waals surface area contributed by atoms with Gasteiger partial charge in [-0.15, -0.1) is 0 Å². The summed E-state index contributed by atoms with van der Waals surface area (Å²) >= 11 is 1.50. The quantitative estimate of drug-likeness (QED) is 0.582. The van der Waals surface area contributed by atoms with Crippen LogP contribution in [0.25, 0.3) is 0 Å². The number of nitrogens with two attached hydrogens (primary N) is 1. The zero-order chi connectivity index (χ0) is 8.27. The highest BCUT2D eigenvalue weighted by Crippen LogP contribution is 2.24. The Labute approximate surface area is 69.8 Å². The molecule has 1 aliphatic heterocycles. The first-order chi connectivity index (χ1) is 5.29. The highest BCUT2D eigenvalue weighted by atomic mass is 32.2. The van der Waals surface area contributed by atoms with Crippen molar-refractivity contribution in [2.75, 3.05) is 6.54 Å². The van der Waals surface area contributed by atoms with Gasteiger partial charge in [-0.05, 0) is 6.92 Å². The molecular weight excluding hydrogens is 162 g/mol. The highest BCUT2D eigenvalue weighted by molar-refractivity contribution is 8.02. The lowest BCUT2D eigenvalue weighted by molar-refractivity contribution is -0.109. The molecule has 1 rings (SSSR count). The molecule has 0 spiro atoms. The highest BCUT2D eigenvalue weighted by Gasteiger charge is 2.20. The number of nitrogens with one attached hydrogen (secondary N) is 1. The Morgan fingerprint density at radius 3 is 3.27 bits per heavy atom. The molecule has 5 heteroatoms. The number of amides is 1. The zero-order valence-corrected chi connectivity index (χ0v) is 7.10. The molecule has 1 aliphatic rings. The van der Waals surface area contributed by atoms with Crippen LogP contribution in [0.2, 0.25) is 0 Å². The zero-order valence-electron chi connectivity index (χ0n) is 6.28. The molecule has 0 aromatic carbocycles. The summed E-state index contributed by atoms with van der Waals surface area (Å²) in [6.07, 6.45) is 0.660. The van der Waals surface area contributed by atoms with Gasteiger partial charge in [0.2, 0.25) is 6.41 Å². The van der Waals surface area contributed by atoms with Crippen molar-refractivity contribution >= 4 is 18.2 Å². The summed E-state index contributed by atoms with van der Waals surface area (Å²) in [6, 6.07) is 0. The molecule has 4 nitrogen and oxygen atoms in total. The van der Waals surface area contributed by atoms with Crippen molar-refractivity contribution in [3.63, 3.8) is 0 Å². The fourth-order valence-corrected chi connectivity index (χ4v) is 1.82. The predicted octanol–water partition coefficient (Wildman–Crippen LogP) is -0.158. The van der Waals surface area contributed by atoms with Gasteiger partial charge in [0.05, 0.1) is 0 Å². The van der Waals surface area contributed by atoms with Crippen molar-refractivity contribution in [1.29, 1.82) is 0 Å². The monoisotopic (exact) mass is 173 g/mol. The molecule has 1 amide bonds. The maximum atomic E-state index is 10.1. The van der Waals surface area contributed by atoms with Gasteiger partial charge in [-0.2, -0.15) is 0 Å². The molecule has 62 valence electrons. The van der Waals surface area contributed by atoms with Crippen molar-refractivity contribution in [2.45, 2.75) is 12.4 Å². The van der Waals surface area contributed by atoms with Crippen molar-refractivity contribution in [2.24, 2.45) is 5.73 Å². The molecule has 3 N–H and O–H groups in total. The number of hydrogen-bond acceptors (Lipinski definition) is 4. The number of carbonyl (C=O) groups is 1. The Morgan fingerprint density at radius 1 is 2.00 bits per heavy atom. The lowest BCUT2D eigenvalue weighted by Crippen LogP contribution is -2.38. The van der Waals surface area contributed by atoms with Gasteiger partial charge in [-0.3, -0.25) is 4.79 Å². The van der Waals surface area contributed by atoms with E-state index in [2.05, 4.69) is 5.32 Å². The number of hydrogen-bond donors (Lipinski definition) is 2. The third-order valence-electron chi connectivity index (χ3n) is 1.48. The summed E-state index contributed by atoms with van der Waals surface area (Å²) in [4.78, 5) is 12.0. The summed E-state index contributed by atoms with van der Waals surface area (Å²) in [5.41, 5.74) is 5.64. The average molecular weight is 173 g/mol. The van der Waals surface area contributed by atoms with Crippen LogP contribution >= 0.6 is 11.8 Å². The normalized spacial score (nSPS) is 23.3. The molecular formula is C6H11N3OS. The van der Waals surface area contributed by atoms with Crippen LogP contribution in [0.4, 0.5) is 0 Å². The molecule has 0 aromatic heterocycles. The molecule has 1 atom stereocenters. The number of rotatable bonds is 3. The van der Waals surface area contributed by atoms with Gasteiger partial charge in [0, 0.05) is 12.0 Å². The van der Waals surface area contributed by atoms with Crippen LogP contribution in [0.15, 0.2) is 11.2 Å². The van der Waals surface area contributed by atoms with E-state index in [-0.39, 0.29) is 5.50 Å². The third kappa shape index (κ3) is 1.66. The van der Waals surface area contributed by atoms with Crippen molar-refractivity contribution in [1.82, 2.24) is 10.2 Å². The van der Waals surface area contributed by atoms with Crippen LogP contribution in [0, 0.1) is 0 Å². The topological polar surface area (TPSA) is 58.4 Å². The Morgan fingerprint density at radius 2 is 2.73 bits per heavy atom. The fraction of sp³-hybridized carbons (Fsp3) is 0.500. The summed E-state index contributed by atoms with van der Waals surface area (Å²) in [7, 11) is 0. The summed E-state index contributed by atoms with van der Waals surface area (Å²) in [5, 5.41) is 4.43. The van der Waals surface area contributed by atoms with Gasteiger partial charge in [-0.25, -0.2) is 0 Å². The van der Waals surface area contributed by atoms with Crippen LogP contribution in [0.5, 0.6) is 0 Å². The van der Waals surface area contributed by atoms with Crippen molar-refractivity contribution in [3.05, 3.63) is 11.2 Å². The van der Waals surface area contributed by atoms with Gasteiger partial charge < -0.3 is 16.0 Å². The van der Waals surface area contributed by atoms with E-state index in [1.165, 1.54) is 11.8 Å². The molecule has 0 saturated carbocycles. The van der Waals surface area contributed by atoms with E-state index in [4.69, 9.17) is 5.73 Å². The largest absolute Gasteiger partial charge is 0.333 e. The predicted molar refractivity (Wildman–Crippen MR) is 45.2 cm³/mol. The van der Waals surface area contributed by atoms with Gasteiger partial charge in [0.25, 0.3) is 0 Å². The van der Waals surface area contributed by atoms with Crippen LogP contribution in [0.1, 0.15) is 6.92 Å². The molecule has 0 fully saturated rings. The molecule has 0 aliphatic carbocycles. The molecule has 1 heterocycles. The number of nitrogens with zero attached hydrogens (tertiary/aromatic N) is 1. The fourth-order valence-electron chi connectivity index (χ4n) is 0.940. The smallest absolute Gasteiger partial charge is 0.212 e. The Kier molecular flexibility index (Phi) is 2.78. The minimum absolute atomic E-state index is 0.0533. The van der Waals surface area contributed by atoms with E-state index < -0.39 is 0 Å². The minimum atomic E-state index is -0.0533. The van der Waals surface area contributed by atoms with Crippen LogP contribution in [0.3, 0.4) is 0 Å². The van der Waals surface area contributed by atoms with E-state index >= 15 is 0 Å². The Balaban J connectivity index is 2.57. The van der Waals surface area contributed by atoms with E-state index in [1.807, 2.05) is 17.2 Å². The second-order valence-electron chi connectivity index (χ2n) is 2.08. The second kappa shape index (κ2) is 3.64. The van der Waals surface area contributed by atoms with Crippen molar-refractivity contribution < 1.29 is 4.79 Å². The van der Waals surface area contributed by atoms with Gasteiger partial charge in [-0.1, -0.05) is 11.8 Å². The van der Waals surface area contributed by atoms with Crippen LogP contribution in [-0.4, -0.2) is 23.4 Å². The molecule has 0 radical (unpaired) electrons. The minimum Gasteiger partial charge on any atom is -0.333 e. The lowest BCUT2D eigenvalue weighted by Gasteiger charge is -2.23. The third-order valence-corrected chi connectivity index (χ3v) is 2.38. The summed E-state index contributed by atoms with van der Waals surface area (Å²) in [5.74, 6) is 0.792. The second-order valence-corrected chi connectivity index (χ2v) is 3.07. The first-order valence-electron chi connectivity index (χ1n) is 3.37. The Hall–Kier alpha value is -0.680. The molecule has 11 heavy (non-hydrogen) atoms. The molecule has 0 aromatic rings. The average Bonchev–Trinajstić information content (AvgIpc) is 2.33. The Bertz CT molecular complexity index is 183. The van der Waals surface area contributed by atoms with Gasteiger partial charge in [0.15, 0.2) is 0 Å². The molecule has 0 saturated heterocycles. The van der Waals surface area contributed by atoms with E-state index in [0.29, 0.717) is 6.41 Å². The lowest BCUT2D eigenvalue weighted by atomic mass is 10.5. The van der Waals surface area contributed by atoms with Gasteiger partial charge in [0.1, 0.15) is 11.3 Å². The number of carbonyl (C=O) groups excluding carboxylic acids is 1. The SMILES string of the molecule is CCN1C(NC=O)=CSC1N. The maximum absolute atomic E-state index is 10.1.